The Morgan fingerprint density at radius 3 is 2.47 bits per heavy atom. The lowest BCUT2D eigenvalue weighted by atomic mass is 9.95. The lowest BCUT2D eigenvalue weighted by Crippen LogP contribution is -2.41. The van der Waals surface area contributed by atoms with Crippen molar-refractivity contribution in [3.63, 3.8) is 0 Å². The fourth-order valence-electron chi connectivity index (χ4n) is 1.54. The molecule has 0 saturated heterocycles. The minimum absolute atomic E-state index is 0.367. The molecule has 0 fully saturated rings. The second-order valence-corrected chi connectivity index (χ2v) is 9.46. The van der Waals surface area contributed by atoms with Crippen LogP contribution in [0.5, 0.6) is 0 Å². The molecule has 0 spiro atoms. The molecule has 1 unspecified atom stereocenters. The molecular formula is C12H21ClOSi. The Labute approximate surface area is 100.0 Å². The summed E-state index contributed by atoms with van der Waals surface area (Å²) >= 11 is 5.71. The van der Waals surface area contributed by atoms with E-state index in [1.54, 1.807) is 0 Å². The van der Waals surface area contributed by atoms with Gasteiger partial charge in [0.1, 0.15) is 0 Å². The molecule has 1 atom stereocenters. The first kappa shape index (κ1) is 14.8. The number of hydrogen-bond donors (Lipinski definition) is 0. The summed E-state index contributed by atoms with van der Waals surface area (Å²) in [5.41, 5.74) is -0.367. The minimum atomic E-state index is -1.61. The quantitative estimate of drug-likeness (QED) is 0.287. The number of hydrogen-bond acceptors (Lipinski definition) is 1. The van der Waals surface area contributed by atoms with Gasteiger partial charge in [0.2, 0.25) is 0 Å². The maximum absolute atomic E-state index is 6.14. The molecular weight excluding hydrogens is 224 g/mol. The van der Waals surface area contributed by atoms with Crippen LogP contribution in [-0.4, -0.2) is 19.8 Å². The summed E-state index contributed by atoms with van der Waals surface area (Å²) in [4.78, 5) is 0. The molecule has 0 heterocycles. The molecule has 0 bridgehead atoms. The van der Waals surface area contributed by atoms with Crippen LogP contribution in [0.2, 0.25) is 19.6 Å². The molecule has 0 saturated carbocycles. The summed E-state index contributed by atoms with van der Waals surface area (Å²) in [7, 11) is -1.61. The molecule has 86 valence electrons. The van der Waals surface area contributed by atoms with Gasteiger partial charge in [-0.3, -0.25) is 0 Å². The zero-order chi connectivity index (χ0) is 11.9. The van der Waals surface area contributed by atoms with Crippen LogP contribution in [0.4, 0.5) is 0 Å². The molecule has 15 heavy (non-hydrogen) atoms. The second-order valence-electron chi connectivity index (χ2n) is 4.66. The Morgan fingerprint density at radius 2 is 2.13 bits per heavy atom. The lowest BCUT2D eigenvalue weighted by Gasteiger charge is -2.35. The fraction of sp³-hybridized carbons (Fsp3) is 0.667. The number of halogens is 1. The molecule has 0 aromatic carbocycles. The van der Waals surface area contributed by atoms with Crippen LogP contribution >= 0.6 is 11.6 Å². The van der Waals surface area contributed by atoms with Crippen molar-refractivity contribution in [3.8, 4) is 12.3 Å². The summed E-state index contributed by atoms with van der Waals surface area (Å²) < 4.78 is 6.14. The molecule has 0 aliphatic rings. The average Bonchev–Trinajstić information content (AvgIpc) is 2.12. The normalized spacial score (nSPS) is 15.4. The van der Waals surface area contributed by atoms with Gasteiger partial charge in [0.05, 0.1) is 5.60 Å². The molecule has 0 N–H and O–H groups in total. The number of rotatable bonds is 7. The molecule has 0 radical (unpaired) electrons. The SMILES string of the molecule is C#CCC(C=C)(CCCCl)O[Si](C)(C)C. The van der Waals surface area contributed by atoms with E-state index >= 15 is 0 Å². The van der Waals surface area contributed by atoms with E-state index in [2.05, 4.69) is 32.1 Å². The van der Waals surface area contributed by atoms with E-state index in [1.165, 1.54) is 0 Å². The van der Waals surface area contributed by atoms with Crippen LogP contribution in [-0.2, 0) is 4.43 Å². The summed E-state index contributed by atoms with van der Waals surface area (Å²) in [6.45, 7) is 10.3. The van der Waals surface area contributed by atoms with Crippen molar-refractivity contribution < 1.29 is 4.43 Å². The maximum atomic E-state index is 6.14. The highest BCUT2D eigenvalue weighted by molar-refractivity contribution is 6.69. The number of terminal acetylenes is 1. The Morgan fingerprint density at radius 1 is 1.53 bits per heavy atom. The van der Waals surface area contributed by atoms with E-state index in [0.29, 0.717) is 12.3 Å². The first-order valence-corrected chi connectivity index (χ1v) is 9.16. The molecule has 1 nitrogen and oxygen atoms in total. The molecule has 0 aromatic heterocycles. The van der Waals surface area contributed by atoms with Crippen molar-refractivity contribution in [2.24, 2.45) is 0 Å². The predicted molar refractivity (Wildman–Crippen MR) is 70.8 cm³/mol. The van der Waals surface area contributed by atoms with E-state index in [4.69, 9.17) is 22.5 Å². The van der Waals surface area contributed by atoms with Gasteiger partial charge in [-0.25, -0.2) is 0 Å². The standard InChI is InChI=1S/C12H21ClOSi/c1-6-9-12(7-2,10-8-11-13)14-15(3,4)5/h1,7H,2,8-11H2,3-5H3. The Hall–Kier alpha value is -0.233. The van der Waals surface area contributed by atoms with Gasteiger partial charge in [-0.05, 0) is 32.5 Å². The van der Waals surface area contributed by atoms with Crippen LogP contribution in [0.25, 0.3) is 0 Å². The van der Waals surface area contributed by atoms with Gasteiger partial charge in [-0.15, -0.1) is 30.5 Å². The highest BCUT2D eigenvalue weighted by Crippen LogP contribution is 2.28. The molecule has 0 aromatic rings. The molecule has 3 heteroatoms. The second kappa shape index (κ2) is 6.37. The van der Waals surface area contributed by atoms with Crippen molar-refractivity contribution in [2.45, 2.75) is 44.5 Å². The summed E-state index contributed by atoms with van der Waals surface area (Å²) in [5, 5.41) is 0. The van der Waals surface area contributed by atoms with Crippen molar-refractivity contribution in [2.75, 3.05) is 5.88 Å². The predicted octanol–water partition coefficient (Wildman–Crippen LogP) is 3.81. The zero-order valence-electron chi connectivity index (χ0n) is 9.98. The highest BCUT2D eigenvalue weighted by atomic mass is 35.5. The van der Waals surface area contributed by atoms with Crippen LogP contribution in [0.1, 0.15) is 19.3 Å². The van der Waals surface area contributed by atoms with Crippen LogP contribution in [0.3, 0.4) is 0 Å². The van der Waals surface area contributed by atoms with E-state index in [0.717, 1.165) is 12.8 Å². The molecule has 0 rings (SSSR count). The van der Waals surface area contributed by atoms with Crippen molar-refractivity contribution in [1.82, 2.24) is 0 Å². The average molecular weight is 245 g/mol. The third-order valence-corrected chi connectivity index (χ3v) is 3.30. The van der Waals surface area contributed by atoms with Gasteiger partial charge in [-0.2, -0.15) is 0 Å². The highest BCUT2D eigenvalue weighted by Gasteiger charge is 2.32. The van der Waals surface area contributed by atoms with E-state index in [9.17, 15) is 0 Å². The largest absolute Gasteiger partial charge is 0.408 e. The molecule has 0 aliphatic carbocycles. The van der Waals surface area contributed by atoms with Gasteiger partial charge >= 0.3 is 0 Å². The summed E-state index contributed by atoms with van der Waals surface area (Å²) in [5.74, 6) is 3.31. The fourth-order valence-corrected chi connectivity index (χ4v) is 3.15. The first-order chi connectivity index (χ1) is 6.89. The minimum Gasteiger partial charge on any atom is -0.408 e. The van der Waals surface area contributed by atoms with Gasteiger partial charge in [-0.1, -0.05) is 6.08 Å². The van der Waals surface area contributed by atoms with Gasteiger partial charge in [0.15, 0.2) is 8.32 Å². The Kier molecular flexibility index (Phi) is 6.27. The van der Waals surface area contributed by atoms with Gasteiger partial charge in [0, 0.05) is 12.3 Å². The molecule has 0 aliphatic heterocycles. The van der Waals surface area contributed by atoms with Crippen molar-refractivity contribution >= 4 is 19.9 Å². The maximum Gasteiger partial charge on any atom is 0.184 e. The monoisotopic (exact) mass is 244 g/mol. The summed E-state index contributed by atoms with van der Waals surface area (Å²) in [6.07, 6.45) is 9.57. The van der Waals surface area contributed by atoms with Crippen LogP contribution in [0.15, 0.2) is 12.7 Å². The topological polar surface area (TPSA) is 9.23 Å². The van der Waals surface area contributed by atoms with Crippen molar-refractivity contribution in [1.29, 1.82) is 0 Å². The van der Waals surface area contributed by atoms with E-state index in [1.807, 2.05) is 6.08 Å². The Balaban J connectivity index is 4.66. The van der Waals surface area contributed by atoms with E-state index in [-0.39, 0.29) is 5.60 Å². The van der Waals surface area contributed by atoms with Crippen molar-refractivity contribution in [3.05, 3.63) is 12.7 Å². The zero-order valence-corrected chi connectivity index (χ0v) is 11.7. The lowest BCUT2D eigenvalue weighted by molar-refractivity contribution is 0.107. The van der Waals surface area contributed by atoms with Crippen LogP contribution in [0, 0.1) is 12.3 Å². The smallest absolute Gasteiger partial charge is 0.184 e. The third kappa shape index (κ3) is 6.04. The number of alkyl halides is 1. The molecule has 0 amide bonds. The first-order valence-electron chi connectivity index (χ1n) is 5.22. The van der Waals surface area contributed by atoms with Crippen LogP contribution < -0.4 is 0 Å². The van der Waals surface area contributed by atoms with Gasteiger partial charge < -0.3 is 4.43 Å². The Bertz CT molecular complexity index is 239. The third-order valence-electron chi connectivity index (χ3n) is 2.02. The summed E-state index contributed by atoms with van der Waals surface area (Å²) in [6, 6.07) is 0. The van der Waals surface area contributed by atoms with Gasteiger partial charge in [0.25, 0.3) is 0 Å². The van der Waals surface area contributed by atoms with E-state index < -0.39 is 8.32 Å².